The number of hydrogen-bond donors (Lipinski definition) is 1. The second kappa shape index (κ2) is 6.56. The molecule has 1 aromatic carbocycles. The predicted octanol–water partition coefficient (Wildman–Crippen LogP) is 3.24. The Kier molecular flexibility index (Phi) is 4.32. The SMILES string of the molecule is CCCNc1ccnc2c(-c3ccc(OC)c(OC)c3)cnn12. The third-order valence-electron chi connectivity index (χ3n) is 3.65. The first-order chi connectivity index (χ1) is 11.3. The highest BCUT2D eigenvalue weighted by atomic mass is 16.5. The molecule has 120 valence electrons. The Morgan fingerprint density at radius 3 is 2.70 bits per heavy atom. The monoisotopic (exact) mass is 312 g/mol. The van der Waals surface area contributed by atoms with Crippen LogP contribution in [0.1, 0.15) is 13.3 Å². The maximum absolute atomic E-state index is 5.38. The molecule has 0 unspecified atom stereocenters. The molecule has 2 heterocycles. The molecule has 3 aromatic rings. The summed E-state index contributed by atoms with van der Waals surface area (Å²) < 4.78 is 12.5. The minimum Gasteiger partial charge on any atom is -0.493 e. The number of nitrogens with one attached hydrogen (secondary N) is 1. The van der Waals surface area contributed by atoms with E-state index >= 15 is 0 Å². The molecule has 0 radical (unpaired) electrons. The lowest BCUT2D eigenvalue weighted by Crippen LogP contribution is -2.06. The lowest BCUT2D eigenvalue weighted by molar-refractivity contribution is 0.355. The van der Waals surface area contributed by atoms with Gasteiger partial charge in [0.1, 0.15) is 5.82 Å². The van der Waals surface area contributed by atoms with Crippen LogP contribution >= 0.6 is 0 Å². The molecule has 1 N–H and O–H groups in total. The molecule has 0 atom stereocenters. The van der Waals surface area contributed by atoms with Crippen LogP contribution < -0.4 is 14.8 Å². The van der Waals surface area contributed by atoms with E-state index in [0.29, 0.717) is 11.5 Å². The number of fused-ring (bicyclic) bond motifs is 1. The lowest BCUT2D eigenvalue weighted by atomic mass is 10.1. The zero-order valence-corrected chi connectivity index (χ0v) is 13.5. The van der Waals surface area contributed by atoms with Crippen molar-refractivity contribution in [1.29, 1.82) is 0 Å². The Labute approximate surface area is 135 Å². The Bertz CT molecular complexity index is 813. The van der Waals surface area contributed by atoms with Crippen molar-refractivity contribution in [2.75, 3.05) is 26.1 Å². The summed E-state index contributed by atoms with van der Waals surface area (Å²) in [7, 11) is 3.25. The minimum atomic E-state index is 0.685. The van der Waals surface area contributed by atoms with Crippen molar-refractivity contribution in [3.63, 3.8) is 0 Å². The molecule has 0 aliphatic carbocycles. The Hall–Kier alpha value is -2.76. The van der Waals surface area contributed by atoms with Crippen LogP contribution in [0, 0.1) is 0 Å². The van der Waals surface area contributed by atoms with Gasteiger partial charge in [0.25, 0.3) is 0 Å². The van der Waals surface area contributed by atoms with E-state index in [1.165, 1.54) is 0 Å². The summed E-state index contributed by atoms with van der Waals surface area (Å²) in [6, 6.07) is 7.72. The topological polar surface area (TPSA) is 60.7 Å². The number of aromatic nitrogens is 3. The van der Waals surface area contributed by atoms with Crippen molar-refractivity contribution in [1.82, 2.24) is 14.6 Å². The first kappa shape index (κ1) is 15.1. The molecular weight excluding hydrogens is 292 g/mol. The van der Waals surface area contributed by atoms with Crippen LogP contribution in [0.15, 0.2) is 36.7 Å². The summed E-state index contributed by atoms with van der Waals surface area (Å²) in [6.45, 7) is 3.02. The van der Waals surface area contributed by atoms with Crippen molar-refractivity contribution in [2.24, 2.45) is 0 Å². The van der Waals surface area contributed by atoms with Gasteiger partial charge < -0.3 is 14.8 Å². The third-order valence-corrected chi connectivity index (χ3v) is 3.65. The van der Waals surface area contributed by atoms with Gasteiger partial charge in [0.15, 0.2) is 17.1 Å². The highest BCUT2D eigenvalue weighted by Crippen LogP contribution is 2.33. The number of hydrogen-bond acceptors (Lipinski definition) is 5. The maximum atomic E-state index is 5.38. The van der Waals surface area contributed by atoms with Crippen molar-refractivity contribution in [3.05, 3.63) is 36.7 Å². The average Bonchev–Trinajstić information content (AvgIpc) is 3.04. The molecule has 0 saturated heterocycles. The van der Waals surface area contributed by atoms with Crippen LogP contribution in [0.25, 0.3) is 16.8 Å². The minimum absolute atomic E-state index is 0.685. The fraction of sp³-hybridized carbons (Fsp3) is 0.294. The summed E-state index contributed by atoms with van der Waals surface area (Å²) in [4.78, 5) is 4.47. The van der Waals surface area contributed by atoms with Crippen molar-refractivity contribution >= 4 is 11.5 Å². The van der Waals surface area contributed by atoms with E-state index in [1.54, 1.807) is 20.4 Å². The van der Waals surface area contributed by atoms with E-state index in [9.17, 15) is 0 Å². The second-order valence-electron chi connectivity index (χ2n) is 5.12. The maximum Gasteiger partial charge on any atom is 0.165 e. The zero-order valence-electron chi connectivity index (χ0n) is 13.5. The molecule has 0 saturated carbocycles. The van der Waals surface area contributed by atoms with Crippen LogP contribution in [0.3, 0.4) is 0 Å². The van der Waals surface area contributed by atoms with Crippen molar-refractivity contribution < 1.29 is 9.47 Å². The normalized spacial score (nSPS) is 10.7. The highest BCUT2D eigenvalue weighted by molar-refractivity contribution is 5.79. The van der Waals surface area contributed by atoms with Gasteiger partial charge in [0.05, 0.1) is 20.4 Å². The molecule has 3 rings (SSSR count). The van der Waals surface area contributed by atoms with Gasteiger partial charge in [-0.05, 0) is 30.2 Å². The second-order valence-corrected chi connectivity index (χ2v) is 5.12. The van der Waals surface area contributed by atoms with Gasteiger partial charge in [-0.2, -0.15) is 9.61 Å². The van der Waals surface area contributed by atoms with Gasteiger partial charge >= 0.3 is 0 Å². The molecule has 0 fully saturated rings. The average molecular weight is 312 g/mol. The van der Waals surface area contributed by atoms with Crippen LogP contribution in [-0.4, -0.2) is 35.4 Å². The molecule has 0 bridgehead atoms. The molecule has 0 amide bonds. The molecule has 2 aromatic heterocycles. The van der Waals surface area contributed by atoms with Gasteiger partial charge in [-0.15, -0.1) is 0 Å². The number of anilines is 1. The third kappa shape index (κ3) is 2.79. The largest absolute Gasteiger partial charge is 0.493 e. The molecular formula is C17H20N4O2. The Balaban J connectivity index is 2.07. The summed E-state index contributed by atoms with van der Waals surface area (Å²) >= 11 is 0. The van der Waals surface area contributed by atoms with Gasteiger partial charge in [0.2, 0.25) is 0 Å². The number of rotatable bonds is 6. The van der Waals surface area contributed by atoms with E-state index in [4.69, 9.17) is 9.47 Å². The van der Waals surface area contributed by atoms with E-state index in [1.807, 2.05) is 35.0 Å². The van der Waals surface area contributed by atoms with E-state index in [-0.39, 0.29) is 0 Å². The van der Waals surface area contributed by atoms with Gasteiger partial charge in [-0.1, -0.05) is 13.0 Å². The number of benzene rings is 1. The van der Waals surface area contributed by atoms with Crippen LogP contribution in [0.2, 0.25) is 0 Å². The fourth-order valence-corrected chi connectivity index (χ4v) is 2.49. The summed E-state index contributed by atoms with van der Waals surface area (Å²) in [5.74, 6) is 2.32. The van der Waals surface area contributed by atoms with Crippen LogP contribution in [0.4, 0.5) is 5.82 Å². The van der Waals surface area contributed by atoms with Crippen molar-refractivity contribution in [2.45, 2.75) is 13.3 Å². The Morgan fingerprint density at radius 2 is 1.96 bits per heavy atom. The summed E-state index contributed by atoms with van der Waals surface area (Å²) in [5.41, 5.74) is 2.74. The first-order valence-corrected chi connectivity index (χ1v) is 7.57. The lowest BCUT2D eigenvalue weighted by Gasteiger charge is -2.09. The standard InChI is InChI=1S/C17H20N4O2/c1-4-8-18-16-7-9-19-17-13(11-20-21(16)17)12-5-6-14(22-2)15(10-12)23-3/h5-7,9-11,18H,4,8H2,1-3H3. The van der Waals surface area contributed by atoms with Crippen LogP contribution in [-0.2, 0) is 0 Å². The zero-order chi connectivity index (χ0) is 16.2. The number of nitrogens with zero attached hydrogens (tertiary/aromatic N) is 3. The quantitative estimate of drug-likeness (QED) is 0.757. The fourth-order valence-electron chi connectivity index (χ4n) is 2.49. The molecule has 23 heavy (non-hydrogen) atoms. The number of methoxy groups -OCH3 is 2. The molecule has 0 aliphatic rings. The molecule has 0 spiro atoms. The molecule has 6 nitrogen and oxygen atoms in total. The molecule has 6 heteroatoms. The Morgan fingerprint density at radius 1 is 1.13 bits per heavy atom. The summed E-state index contributed by atoms with van der Waals surface area (Å²) in [6.07, 6.45) is 4.66. The van der Waals surface area contributed by atoms with Gasteiger partial charge in [-0.3, -0.25) is 0 Å². The smallest absolute Gasteiger partial charge is 0.165 e. The van der Waals surface area contributed by atoms with E-state index < -0.39 is 0 Å². The first-order valence-electron chi connectivity index (χ1n) is 7.57. The van der Waals surface area contributed by atoms with Gasteiger partial charge in [0, 0.05) is 18.3 Å². The number of ether oxygens (including phenoxy) is 2. The predicted molar refractivity (Wildman–Crippen MR) is 90.3 cm³/mol. The van der Waals surface area contributed by atoms with Crippen molar-refractivity contribution in [3.8, 4) is 22.6 Å². The highest BCUT2D eigenvalue weighted by Gasteiger charge is 2.13. The summed E-state index contributed by atoms with van der Waals surface area (Å²) in [5, 5.41) is 7.82. The van der Waals surface area contributed by atoms with E-state index in [0.717, 1.165) is 35.6 Å². The van der Waals surface area contributed by atoms with E-state index in [2.05, 4.69) is 22.3 Å². The molecule has 0 aliphatic heterocycles. The van der Waals surface area contributed by atoms with Gasteiger partial charge in [-0.25, -0.2) is 4.98 Å². The van der Waals surface area contributed by atoms with Crippen LogP contribution in [0.5, 0.6) is 11.5 Å².